The van der Waals surface area contributed by atoms with Crippen LogP contribution in [0.5, 0.6) is 0 Å². The van der Waals surface area contributed by atoms with E-state index in [0.29, 0.717) is 24.3 Å². The third-order valence-corrected chi connectivity index (χ3v) is 5.93. The largest absolute Gasteiger partial charge is 0.481 e. The van der Waals surface area contributed by atoms with Gasteiger partial charge in [0.15, 0.2) is 0 Å². The van der Waals surface area contributed by atoms with Gasteiger partial charge < -0.3 is 15.1 Å². The average Bonchev–Trinajstić information content (AvgIpc) is 2.72. The molecule has 2 N–H and O–H groups in total. The van der Waals surface area contributed by atoms with Crippen molar-refractivity contribution in [2.45, 2.75) is 64.6 Å². The molecule has 168 valence electrons. The zero-order valence-corrected chi connectivity index (χ0v) is 19.1. The lowest BCUT2D eigenvalue weighted by molar-refractivity contribution is -0.153. The van der Waals surface area contributed by atoms with Crippen LogP contribution in [0.4, 0.5) is 0 Å². The zero-order chi connectivity index (χ0) is 23.0. The summed E-state index contributed by atoms with van der Waals surface area (Å²) in [4.78, 5) is 25.7. The van der Waals surface area contributed by atoms with Crippen LogP contribution in [0.2, 0.25) is 5.02 Å². The number of carbonyl (C=O) groups excluding carboxylic acids is 1. The number of hydrogen-bond donors (Lipinski definition) is 2. The molecule has 0 radical (unpaired) electrons. The molecular formula is C25H32ClNO4. The summed E-state index contributed by atoms with van der Waals surface area (Å²) in [6.45, 7) is 5.67. The van der Waals surface area contributed by atoms with Crippen LogP contribution in [0.25, 0.3) is 0 Å². The van der Waals surface area contributed by atoms with Crippen LogP contribution >= 0.6 is 11.6 Å². The fourth-order valence-electron chi connectivity index (χ4n) is 4.10. The molecule has 0 spiro atoms. The van der Waals surface area contributed by atoms with Crippen molar-refractivity contribution < 1.29 is 19.8 Å². The summed E-state index contributed by atoms with van der Waals surface area (Å²) in [7, 11) is 0. The van der Waals surface area contributed by atoms with Gasteiger partial charge >= 0.3 is 5.97 Å². The van der Waals surface area contributed by atoms with Crippen LogP contribution in [0.1, 0.15) is 56.7 Å². The fraction of sp³-hybridized carbons (Fsp3) is 0.440. The van der Waals surface area contributed by atoms with Gasteiger partial charge in [-0.1, -0.05) is 66.6 Å². The molecule has 6 heteroatoms. The Bertz CT molecular complexity index is 838. The molecule has 0 saturated carbocycles. The molecule has 0 aromatic heterocycles. The normalized spacial score (nSPS) is 20.4. The molecule has 4 atom stereocenters. The topological polar surface area (TPSA) is 77.8 Å². The smallest absolute Gasteiger partial charge is 0.304 e. The van der Waals surface area contributed by atoms with Crippen molar-refractivity contribution in [3.8, 4) is 0 Å². The molecule has 0 aliphatic carbocycles. The Hall–Kier alpha value is -2.37. The molecule has 31 heavy (non-hydrogen) atoms. The summed E-state index contributed by atoms with van der Waals surface area (Å²) in [5.74, 6) is -1.68. The first-order valence-electron chi connectivity index (χ1n) is 10.7. The van der Waals surface area contributed by atoms with Crippen molar-refractivity contribution in [1.29, 1.82) is 0 Å². The van der Waals surface area contributed by atoms with Crippen LogP contribution in [-0.2, 0) is 9.59 Å². The number of halogens is 1. The Morgan fingerprint density at radius 2 is 1.74 bits per heavy atom. The van der Waals surface area contributed by atoms with Gasteiger partial charge in [-0.2, -0.15) is 0 Å². The molecule has 1 amide bonds. The van der Waals surface area contributed by atoms with Crippen molar-refractivity contribution in [1.82, 2.24) is 4.90 Å². The van der Waals surface area contributed by atoms with Crippen LogP contribution < -0.4 is 0 Å². The van der Waals surface area contributed by atoms with Crippen molar-refractivity contribution in [2.24, 2.45) is 5.92 Å². The number of carboxylic acid groups (broad SMARTS) is 1. The number of aryl methyl sites for hydroxylation is 1. The van der Waals surface area contributed by atoms with E-state index in [1.165, 1.54) is 5.56 Å². The number of rotatable bonds is 6. The number of piperidine rings is 1. The molecule has 1 aliphatic heterocycles. The van der Waals surface area contributed by atoms with Gasteiger partial charge in [0, 0.05) is 10.9 Å². The molecule has 0 bridgehead atoms. The van der Waals surface area contributed by atoms with Gasteiger partial charge in [-0.05, 0) is 50.8 Å². The van der Waals surface area contributed by atoms with Gasteiger partial charge in [-0.3, -0.25) is 9.59 Å². The molecule has 1 saturated heterocycles. The van der Waals surface area contributed by atoms with Gasteiger partial charge in [0.05, 0.1) is 24.6 Å². The van der Waals surface area contributed by atoms with E-state index in [1.54, 1.807) is 24.0 Å². The first-order valence-corrected chi connectivity index (χ1v) is 11.1. The molecule has 1 aliphatic rings. The fourth-order valence-corrected chi connectivity index (χ4v) is 4.22. The van der Waals surface area contributed by atoms with E-state index in [0.717, 1.165) is 5.56 Å². The summed E-state index contributed by atoms with van der Waals surface area (Å²) in [5, 5.41) is 19.8. The second kappa shape index (κ2) is 11.9. The lowest BCUT2D eigenvalue weighted by Gasteiger charge is -2.45. The number of hydrogen-bond acceptors (Lipinski definition) is 3. The summed E-state index contributed by atoms with van der Waals surface area (Å²) in [6.07, 6.45) is 0.962. The Morgan fingerprint density at radius 3 is 2.19 bits per heavy atom. The Balaban J connectivity index is 0.000000412. The van der Waals surface area contributed by atoms with Crippen molar-refractivity contribution in [3.63, 3.8) is 0 Å². The second-order valence-corrected chi connectivity index (χ2v) is 8.49. The Labute approximate surface area is 189 Å². The van der Waals surface area contributed by atoms with E-state index in [2.05, 4.69) is 19.1 Å². The highest BCUT2D eigenvalue weighted by molar-refractivity contribution is 6.30. The van der Waals surface area contributed by atoms with Gasteiger partial charge in [0.1, 0.15) is 0 Å². The summed E-state index contributed by atoms with van der Waals surface area (Å²) in [5.41, 5.74) is 2.28. The highest BCUT2D eigenvalue weighted by Crippen LogP contribution is 2.38. The van der Waals surface area contributed by atoms with Gasteiger partial charge in [-0.15, -0.1) is 0 Å². The predicted molar refractivity (Wildman–Crippen MR) is 123 cm³/mol. The van der Waals surface area contributed by atoms with E-state index in [4.69, 9.17) is 16.7 Å². The number of carbonyl (C=O) groups is 2. The molecule has 2 aromatic rings. The standard InChI is InChI=1S/C18H24ClNO4.C7H8/c1-3-15(11(2)21)20-16(12-4-7-14(19)8-5-12)9-6-13(18(20)24)10-17(22)23;1-7-5-3-2-4-6-7/h4-5,7-8,11,13,15-16,21H,3,6,9-10H2,1-2H3,(H,22,23);2-6H,1H3. The monoisotopic (exact) mass is 445 g/mol. The number of aliphatic hydroxyl groups excluding tert-OH is 1. The minimum atomic E-state index is -0.969. The first kappa shape index (κ1) is 24.9. The predicted octanol–water partition coefficient (Wildman–Crippen LogP) is 5.25. The minimum absolute atomic E-state index is 0.167. The maximum Gasteiger partial charge on any atom is 0.304 e. The van der Waals surface area contributed by atoms with Gasteiger partial charge in [-0.25, -0.2) is 0 Å². The summed E-state index contributed by atoms with van der Waals surface area (Å²) in [6, 6.07) is 17.1. The van der Waals surface area contributed by atoms with Gasteiger partial charge in [0.25, 0.3) is 0 Å². The molecule has 1 fully saturated rings. The third kappa shape index (κ3) is 7.08. The minimum Gasteiger partial charge on any atom is -0.481 e. The quantitative estimate of drug-likeness (QED) is 0.636. The molecule has 3 rings (SSSR count). The summed E-state index contributed by atoms with van der Waals surface area (Å²) >= 11 is 5.95. The van der Waals surface area contributed by atoms with Crippen molar-refractivity contribution >= 4 is 23.5 Å². The maximum atomic E-state index is 12.9. The number of amides is 1. The van der Waals surface area contributed by atoms with E-state index in [-0.39, 0.29) is 24.4 Å². The highest BCUT2D eigenvalue weighted by Gasteiger charge is 2.41. The van der Waals surface area contributed by atoms with Crippen LogP contribution in [0, 0.1) is 12.8 Å². The van der Waals surface area contributed by atoms with Crippen LogP contribution in [0.3, 0.4) is 0 Å². The SMILES string of the molecule is CCC(C(C)O)N1C(=O)C(CC(=O)O)CCC1c1ccc(Cl)cc1.Cc1ccccc1. The van der Waals surface area contributed by atoms with Crippen molar-refractivity contribution in [2.75, 3.05) is 0 Å². The number of aliphatic carboxylic acids is 1. The van der Waals surface area contributed by atoms with Gasteiger partial charge in [0.2, 0.25) is 5.91 Å². The molecular weight excluding hydrogens is 414 g/mol. The Kier molecular flexibility index (Phi) is 9.53. The number of nitrogens with zero attached hydrogens (tertiary/aromatic N) is 1. The van der Waals surface area contributed by atoms with E-state index in [9.17, 15) is 14.7 Å². The van der Waals surface area contributed by atoms with Crippen LogP contribution in [-0.4, -0.2) is 39.1 Å². The van der Waals surface area contributed by atoms with Crippen LogP contribution in [0.15, 0.2) is 54.6 Å². The third-order valence-electron chi connectivity index (χ3n) is 5.68. The molecule has 1 heterocycles. The number of carboxylic acids is 1. The van der Waals surface area contributed by atoms with Crippen molar-refractivity contribution in [3.05, 3.63) is 70.7 Å². The van der Waals surface area contributed by atoms with E-state index in [1.807, 2.05) is 37.3 Å². The molecule has 5 nitrogen and oxygen atoms in total. The van der Waals surface area contributed by atoms with E-state index < -0.39 is 18.0 Å². The zero-order valence-electron chi connectivity index (χ0n) is 18.4. The summed E-state index contributed by atoms with van der Waals surface area (Å²) < 4.78 is 0. The first-order chi connectivity index (χ1) is 14.7. The number of aliphatic hydroxyl groups is 1. The number of likely N-dealkylation sites (tertiary alicyclic amines) is 1. The lowest BCUT2D eigenvalue weighted by atomic mass is 9.84. The van der Waals surface area contributed by atoms with E-state index >= 15 is 0 Å². The number of benzene rings is 2. The molecule has 4 unspecified atom stereocenters. The molecule has 2 aromatic carbocycles. The second-order valence-electron chi connectivity index (χ2n) is 8.06. The maximum absolute atomic E-state index is 12.9. The highest BCUT2D eigenvalue weighted by atomic mass is 35.5. The Morgan fingerprint density at radius 1 is 1.13 bits per heavy atom. The average molecular weight is 446 g/mol. The lowest BCUT2D eigenvalue weighted by Crippen LogP contribution is -2.52.